The van der Waals surface area contributed by atoms with Crippen LogP contribution >= 0.6 is 39.7 Å². The van der Waals surface area contributed by atoms with Crippen LogP contribution in [0.15, 0.2) is 33.8 Å². The van der Waals surface area contributed by atoms with E-state index in [2.05, 4.69) is 15.9 Å². The Morgan fingerprint density at radius 2 is 2.03 bits per heavy atom. The molecule has 7 nitrogen and oxygen atoms in total. The van der Waals surface area contributed by atoms with E-state index < -0.39 is 4.92 Å². The van der Waals surface area contributed by atoms with Crippen LogP contribution in [0, 0.1) is 17.0 Å². The first kappa shape index (κ1) is 20.1. The number of thiocarbonyl (C=S) groups is 1. The minimum absolute atomic E-state index is 0.0267. The summed E-state index contributed by atoms with van der Waals surface area (Å²) in [5, 5.41) is 17.6. The van der Waals surface area contributed by atoms with Crippen molar-refractivity contribution in [2.24, 2.45) is 5.10 Å². The van der Waals surface area contributed by atoms with Gasteiger partial charge in [-0.05, 0) is 72.2 Å². The Labute approximate surface area is 185 Å². The predicted molar refractivity (Wildman–Crippen MR) is 117 cm³/mol. The largest absolute Gasteiger partial charge is 0.454 e. The Kier molecular flexibility index (Phi) is 5.22. The number of halogens is 2. The number of ether oxygens (including phenoxy) is 2. The molecule has 0 bridgehead atoms. The molecule has 0 fully saturated rings. The number of hydrogen-bond acceptors (Lipinski definition) is 6. The molecular weight excluding hydrogens is 482 g/mol. The van der Waals surface area contributed by atoms with E-state index >= 15 is 0 Å². The monoisotopic (exact) mass is 495 g/mol. The van der Waals surface area contributed by atoms with Crippen LogP contribution in [0.25, 0.3) is 0 Å². The number of rotatable bonds is 2. The van der Waals surface area contributed by atoms with Crippen molar-refractivity contribution >= 4 is 55.6 Å². The number of nitrogens with zero attached hydrogens (tertiary/aromatic N) is 3. The minimum atomic E-state index is -0.410. The zero-order valence-corrected chi connectivity index (χ0v) is 18.6. The maximum atomic E-state index is 11.3. The Morgan fingerprint density at radius 1 is 1.34 bits per heavy atom. The van der Waals surface area contributed by atoms with Crippen molar-refractivity contribution in [2.75, 3.05) is 6.79 Å². The summed E-state index contributed by atoms with van der Waals surface area (Å²) in [6.45, 7) is 3.83. The highest BCUT2D eigenvalue weighted by Crippen LogP contribution is 2.39. The Hall–Kier alpha value is -2.23. The van der Waals surface area contributed by atoms with Crippen molar-refractivity contribution in [1.29, 1.82) is 0 Å². The second-order valence-corrected chi connectivity index (χ2v) is 8.55. The van der Waals surface area contributed by atoms with Gasteiger partial charge in [-0.3, -0.25) is 10.1 Å². The predicted octanol–water partition coefficient (Wildman–Crippen LogP) is 4.92. The molecule has 1 atom stereocenters. The van der Waals surface area contributed by atoms with Gasteiger partial charge in [0.2, 0.25) is 6.79 Å². The van der Waals surface area contributed by atoms with Crippen LogP contribution in [-0.2, 0) is 6.42 Å². The molecule has 0 saturated carbocycles. The summed E-state index contributed by atoms with van der Waals surface area (Å²) < 4.78 is 11.8. The van der Waals surface area contributed by atoms with Crippen molar-refractivity contribution < 1.29 is 14.4 Å². The lowest BCUT2D eigenvalue weighted by atomic mass is 9.93. The van der Waals surface area contributed by atoms with Gasteiger partial charge < -0.3 is 9.47 Å². The molecule has 0 N–H and O–H groups in total. The van der Waals surface area contributed by atoms with Gasteiger partial charge in [-0.1, -0.05) is 11.6 Å². The van der Waals surface area contributed by atoms with Gasteiger partial charge in [0.1, 0.15) is 0 Å². The molecule has 0 radical (unpaired) electrons. The third-order valence-electron chi connectivity index (χ3n) is 4.98. The summed E-state index contributed by atoms with van der Waals surface area (Å²) in [7, 11) is 0. The smallest absolute Gasteiger partial charge is 0.273 e. The molecule has 0 aromatic heterocycles. The molecule has 2 aromatic carbocycles. The van der Waals surface area contributed by atoms with Crippen molar-refractivity contribution in [3.8, 4) is 11.5 Å². The van der Waals surface area contributed by atoms with E-state index in [9.17, 15) is 10.1 Å². The van der Waals surface area contributed by atoms with Gasteiger partial charge in [-0.15, -0.1) is 0 Å². The number of hydrogen-bond donors (Lipinski definition) is 0. The number of nitro benzene ring substituents is 1. The van der Waals surface area contributed by atoms with Gasteiger partial charge in [0.15, 0.2) is 15.9 Å². The maximum Gasteiger partial charge on any atom is 0.273 e. The topological polar surface area (TPSA) is 77.2 Å². The highest BCUT2D eigenvalue weighted by Gasteiger charge is 2.30. The van der Waals surface area contributed by atoms with Crippen LogP contribution in [0.2, 0.25) is 0 Å². The summed E-state index contributed by atoms with van der Waals surface area (Å²) in [6.07, 6.45) is 0.634. The lowest BCUT2D eigenvalue weighted by Crippen LogP contribution is -2.31. The molecule has 0 aliphatic carbocycles. The SMILES string of the molecule is Cc1c([N+](=O)[O-])ccc(C2=NN(C(=S)Cl)[C@H](C)Cc3cc4c(cc32)OCO4)c1Br. The Bertz CT molecular complexity index is 1090. The van der Waals surface area contributed by atoms with Crippen LogP contribution < -0.4 is 9.47 Å². The van der Waals surface area contributed by atoms with Crippen LogP contribution in [0.4, 0.5) is 5.69 Å². The lowest BCUT2D eigenvalue weighted by Gasteiger charge is -2.22. The quantitative estimate of drug-likeness (QED) is 0.193. The molecule has 2 aliphatic heterocycles. The van der Waals surface area contributed by atoms with Crippen molar-refractivity contribution in [1.82, 2.24) is 5.01 Å². The number of fused-ring (bicyclic) bond motifs is 2. The number of hydrazone groups is 1. The Balaban J connectivity index is 1.97. The summed E-state index contributed by atoms with van der Waals surface area (Å²) in [5.41, 5.74) is 3.66. The lowest BCUT2D eigenvalue weighted by molar-refractivity contribution is -0.385. The van der Waals surface area contributed by atoms with Gasteiger partial charge in [0.25, 0.3) is 5.69 Å². The van der Waals surface area contributed by atoms with Crippen molar-refractivity contribution in [3.63, 3.8) is 0 Å². The second-order valence-electron chi connectivity index (χ2n) is 6.79. The first-order valence-corrected chi connectivity index (χ1v) is 10.3. The fourth-order valence-electron chi connectivity index (χ4n) is 3.51. The van der Waals surface area contributed by atoms with E-state index in [1.807, 2.05) is 19.1 Å². The fraction of sp³-hybridized carbons (Fsp3) is 0.263. The van der Waals surface area contributed by atoms with Crippen molar-refractivity contribution in [3.05, 3.63) is 61.1 Å². The highest BCUT2D eigenvalue weighted by molar-refractivity contribution is 9.10. The highest BCUT2D eigenvalue weighted by atomic mass is 79.9. The van der Waals surface area contributed by atoms with E-state index in [0.717, 1.165) is 11.1 Å². The second kappa shape index (κ2) is 7.55. The molecule has 150 valence electrons. The Morgan fingerprint density at radius 3 is 2.69 bits per heavy atom. The molecule has 0 saturated heterocycles. The summed E-state index contributed by atoms with van der Waals surface area (Å²) in [5.74, 6) is 1.30. The molecule has 2 aromatic rings. The van der Waals surface area contributed by atoms with Crippen LogP contribution in [0.3, 0.4) is 0 Å². The average molecular weight is 497 g/mol. The normalized spacial score (nSPS) is 17.4. The number of benzene rings is 2. The molecule has 10 heteroatoms. The summed E-state index contributed by atoms with van der Waals surface area (Å²) in [4.78, 5) is 10.9. The van der Waals surface area contributed by atoms with Crippen molar-refractivity contribution in [2.45, 2.75) is 26.3 Å². The summed E-state index contributed by atoms with van der Waals surface area (Å²) in [6, 6.07) is 6.88. The standard InChI is InChI=1S/C19H15BrClN3O4S/c1-9-5-11-6-15-16(28-8-27-15)7-13(11)18(22-23(9)19(21)29)12-3-4-14(24(25)26)10(2)17(12)20/h3-4,6-7,9H,5,8H2,1-2H3/t9-/m1/s1. The van der Waals surface area contributed by atoms with Gasteiger partial charge in [-0.2, -0.15) is 5.10 Å². The van der Waals surface area contributed by atoms with Crippen LogP contribution in [0.5, 0.6) is 11.5 Å². The van der Waals surface area contributed by atoms with E-state index in [0.29, 0.717) is 39.2 Å². The maximum absolute atomic E-state index is 11.3. The van der Waals surface area contributed by atoms with Gasteiger partial charge in [0.05, 0.1) is 16.7 Å². The van der Waals surface area contributed by atoms with Gasteiger partial charge >= 0.3 is 0 Å². The molecule has 0 unspecified atom stereocenters. The molecular formula is C19H15BrClN3O4S. The average Bonchev–Trinajstić information content (AvgIpc) is 3.05. The summed E-state index contributed by atoms with van der Waals surface area (Å²) >= 11 is 14.9. The third-order valence-corrected chi connectivity index (χ3v) is 6.37. The molecule has 2 aliphatic rings. The van der Waals surface area contributed by atoms with Crippen LogP contribution in [0.1, 0.15) is 29.2 Å². The zero-order chi connectivity index (χ0) is 20.9. The minimum Gasteiger partial charge on any atom is -0.454 e. The molecule has 0 amide bonds. The molecule has 4 rings (SSSR count). The van der Waals surface area contributed by atoms with Gasteiger partial charge in [-0.25, -0.2) is 5.01 Å². The first-order chi connectivity index (χ1) is 13.8. The van der Waals surface area contributed by atoms with Gasteiger partial charge in [0, 0.05) is 27.2 Å². The van der Waals surface area contributed by atoms with Crippen LogP contribution in [-0.4, -0.2) is 32.9 Å². The van der Waals surface area contributed by atoms with E-state index in [1.165, 1.54) is 6.07 Å². The molecule has 2 heterocycles. The fourth-order valence-corrected chi connectivity index (χ4v) is 4.45. The molecule has 29 heavy (non-hydrogen) atoms. The number of nitro groups is 1. The van der Waals surface area contributed by atoms with E-state index in [4.69, 9.17) is 38.4 Å². The van der Waals surface area contributed by atoms with E-state index in [1.54, 1.807) is 18.0 Å². The molecule has 0 spiro atoms. The van der Waals surface area contributed by atoms with E-state index in [-0.39, 0.29) is 23.0 Å². The third kappa shape index (κ3) is 3.47. The first-order valence-electron chi connectivity index (χ1n) is 8.72. The zero-order valence-electron chi connectivity index (χ0n) is 15.4.